The highest BCUT2D eigenvalue weighted by Crippen LogP contribution is 2.18. The summed E-state index contributed by atoms with van der Waals surface area (Å²) in [6, 6.07) is 0. The molecule has 0 amide bonds. The first kappa shape index (κ1) is 25.4. The number of halogens is 1. The number of guanidine groups is 1. The van der Waals surface area contributed by atoms with E-state index in [-0.39, 0.29) is 35.9 Å². The lowest BCUT2D eigenvalue weighted by Crippen LogP contribution is -2.48. The third-order valence-electron chi connectivity index (χ3n) is 5.08. The molecule has 0 spiro atoms. The standard InChI is InChI=1S/C20H37N3O4.HI/c1-3-21-20(23-11-5-7-18(15-23)19(24)27-4-2)22-10-6-12-26-16-17-8-13-25-14-9-17;/h17-18H,3-16H2,1-2H3,(H,21,22);1H. The molecule has 0 aliphatic carbocycles. The van der Waals surface area contributed by atoms with Gasteiger partial charge in [-0.25, -0.2) is 0 Å². The van der Waals surface area contributed by atoms with Crippen molar-refractivity contribution in [1.29, 1.82) is 0 Å². The van der Waals surface area contributed by atoms with Gasteiger partial charge in [-0.2, -0.15) is 0 Å². The van der Waals surface area contributed by atoms with E-state index in [1.54, 1.807) is 0 Å². The van der Waals surface area contributed by atoms with Crippen LogP contribution in [0.25, 0.3) is 0 Å². The second-order valence-corrected chi connectivity index (χ2v) is 7.26. The molecule has 8 heteroatoms. The summed E-state index contributed by atoms with van der Waals surface area (Å²) < 4.78 is 16.4. The number of nitrogens with one attached hydrogen (secondary N) is 1. The molecule has 7 nitrogen and oxygen atoms in total. The maximum Gasteiger partial charge on any atom is 0.310 e. The molecule has 28 heavy (non-hydrogen) atoms. The Morgan fingerprint density at radius 3 is 2.75 bits per heavy atom. The van der Waals surface area contributed by atoms with Crippen LogP contribution < -0.4 is 5.32 Å². The van der Waals surface area contributed by atoms with Crippen LogP contribution in [-0.4, -0.2) is 76.0 Å². The fourth-order valence-corrected chi connectivity index (χ4v) is 3.56. The third kappa shape index (κ3) is 9.26. The molecule has 0 aromatic heterocycles. The summed E-state index contributed by atoms with van der Waals surface area (Å²) in [5.41, 5.74) is 0. The Kier molecular flexibility index (Phi) is 13.9. The number of likely N-dealkylation sites (tertiary alicyclic amines) is 1. The predicted octanol–water partition coefficient (Wildman–Crippen LogP) is 2.68. The van der Waals surface area contributed by atoms with E-state index in [4.69, 9.17) is 19.2 Å². The van der Waals surface area contributed by atoms with Crippen LogP contribution in [0.2, 0.25) is 0 Å². The van der Waals surface area contributed by atoms with Crippen LogP contribution in [0.3, 0.4) is 0 Å². The summed E-state index contributed by atoms with van der Waals surface area (Å²) in [5, 5.41) is 3.36. The van der Waals surface area contributed by atoms with Gasteiger partial charge in [-0.15, -0.1) is 24.0 Å². The second kappa shape index (κ2) is 15.3. The van der Waals surface area contributed by atoms with E-state index in [2.05, 4.69) is 17.1 Å². The zero-order valence-electron chi connectivity index (χ0n) is 17.5. The first-order valence-electron chi connectivity index (χ1n) is 10.6. The molecule has 0 aromatic rings. The number of rotatable bonds is 9. The van der Waals surface area contributed by atoms with Crippen molar-refractivity contribution in [3.8, 4) is 0 Å². The van der Waals surface area contributed by atoms with Crippen LogP contribution in [0.15, 0.2) is 4.99 Å². The molecular formula is C20H38IN3O4. The molecule has 2 rings (SSSR count). The van der Waals surface area contributed by atoms with Gasteiger partial charge in [-0.1, -0.05) is 0 Å². The Bertz CT molecular complexity index is 459. The lowest BCUT2D eigenvalue weighted by atomic mass is 9.98. The van der Waals surface area contributed by atoms with Crippen LogP contribution in [0, 0.1) is 11.8 Å². The first-order valence-corrected chi connectivity index (χ1v) is 10.6. The summed E-state index contributed by atoms with van der Waals surface area (Å²) in [7, 11) is 0. The number of hydrogen-bond acceptors (Lipinski definition) is 5. The normalized spacial score (nSPS) is 21.1. The van der Waals surface area contributed by atoms with Gasteiger partial charge in [0.2, 0.25) is 0 Å². The van der Waals surface area contributed by atoms with Gasteiger partial charge in [0.15, 0.2) is 5.96 Å². The van der Waals surface area contributed by atoms with Gasteiger partial charge < -0.3 is 24.4 Å². The number of esters is 1. The SMILES string of the molecule is CCNC(=NCCCOCC1CCOCC1)N1CCCC(C(=O)OCC)C1.I. The average Bonchev–Trinajstić information content (AvgIpc) is 2.71. The molecule has 1 N–H and O–H groups in total. The van der Waals surface area contributed by atoms with Crippen molar-refractivity contribution < 1.29 is 19.0 Å². The molecule has 2 aliphatic heterocycles. The van der Waals surface area contributed by atoms with Crippen molar-refractivity contribution in [2.75, 3.05) is 59.2 Å². The molecule has 0 saturated carbocycles. The number of aliphatic imine (C=N–C) groups is 1. The molecule has 2 fully saturated rings. The minimum atomic E-state index is -0.0837. The third-order valence-corrected chi connectivity index (χ3v) is 5.08. The van der Waals surface area contributed by atoms with E-state index in [1.165, 1.54) is 0 Å². The molecule has 2 heterocycles. The fourth-order valence-electron chi connectivity index (χ4n) is 3.56. The topological polar surface area (TPSA) is 72.4 Å². The van der Waals surface area contributed by atoms with E-state index >= 15 is 0 Å². The molecule has 0 radical (unpaired) electrons. The van der Waals surface area contributed by atoms with Gasteiger partial charge in [0.1, 0.15) is 0 Å². The first-order chi connectivity index (χ1) is 13.2. The smallest absolute Gasteiger partial charge is 0.310 e. The van der Waals surface area contributed by atoms with E-state index in [0.717, 1.165) is 84.1 Å². The Balaban J connectivity index is 0.00000392. The van der Waals surface area contributed by atoms with Crippen molar-refractivity contribution in [3.05, 3.63) is 0 Å². The molecule has 0 bridgehead atoms. The Morgan fingerprint density at radius 1 is 1.25 bits per heavy atom. The highest BCUT2D eigenvalue weighted by molar-refractivity contribution is 14.0. The maximum atomic E-state index is 12.1. The van der Waals surface area contributed by atoms with E-state index in [1.807, 2.05) is 6.92 Å². The van der Waals surface area contributed by atoms with Crippen molar-refractivity contribution in [2.24, 2.45) is 16.8 Å². The highest BCUT2D eigenvalue weighted by Gasteiger charge is 2.28. The number of nitrogens with zero attached hydrogens (tertiary/aromatic N) is 2. The van der Waals surface area contributed by atoms with Gasteiger partial charge in [0.05, 0.1) is 12.5 Å². The fraction of sp³-hybridized carbons (Fsp3) is 0.900. The van der Waals surface area contributed by atoms with Crippen LogP contribution in [0.4, 0.5) is 0 Å². The van der Waals surface area contributed by atoms with Gasteiger partial charge in [-0.3, -0.25) is 9.79 Å². The molecule has 1 unspecified atom stereocenters. The summed E-state index contributed by atoms with van der Waals surface area (Å²) in [6.07, 6.45) is 5.02. The lowest BCUT2D eigenvalue weighted by Gasteiger charge is -2.34. The van der Waals surface area contributed by atoms with Crippen molar-refractivity contribution in [2.45, 2.75) is 46.0 Å². The van der Waals surface area contributed by atoms with Crippen molar-refractivity contribution in [1.82, 2.24) is 10.2 Å². The molecule has 1 atom stereocenters. The summed E-state index contributed by atoms with van der Waals surface area (Å²) in [6.45, 7) is 10.8. The highest BCUT2D eigenvalue weighted by atomic mass is 127. The van der Waals surface area contributed by atoms with Crippen LogP contribution in [0.1, 0.15) is 46.0 Å². The number of carbonyl (C=O) groups excluding carboxylic acids is 1. The van der Waals surface area contributed by atoms with Crippen LogP contribution >= 0.6 is 24.0 Å². The minimum Gasteiger partial charge on any atom is -0.466 e. The predicted molar refractivity (Wildman–Crippen MR) is 121 cm³/mol. The number of hydrogen-bond donors (Lipinski definition) is 1. The number of ether oxygens (including phenoxy) is 3. The van der Waals surface area contributed by atoms with Crippen LogP contribution in [-0.2, 0) is 19.0 Å². The number of piperidine rings is 1. The number of carbonyl (C=O) groups is 1. The van der Waals surface area contributed by atoms with E-state index in [0.29, 0.717) is 19.1 Å². The van der Waals surface area contributed by atoms with Crippen molar-refractivity contribution in [3.63, 3.8) is 0 Å². The zero-order chi connectivity index (χ0) is 19.3. The van der Waals surface area contributed by atoms with E-state index in [9.17, 15) is 4.79 Å². The van der Waals surface area contributed by atoms with Gasteiger partial charge in [0, 0.05) is 52.6 Å². The molecule has 2 aliphatic rings. The summed E-state index contributed by atoms with van der Waals surface area (Å²) in [5.74, 6) is 1.41. The molecule has 2 saturated heterocycles. The van der Waals surface area contributed by atoms with Crippen molar-refractivity contribution >= 4 is 35.9 Å². The largest absolute Gasteiger partial charge is 0.466 e. The Labute approximate surface area is 187 Å². The minimum absolute atomic E-state index is 0. The molecule has 164 valence electrons. The molecular weight excluding hydrogens is 473 g/mol. The quantitative estimate of drug-likeness (QED) is 0.169. The lowest BCUT2D eigenvalue weighted by molar-refractivity contribution is -0.149. The van der Waals surface area contributed by atoms with Gasteiger partial charge >= 0.3 is 5.97 Å². The monoisotopic (exact) mass is 511 g/mol. The zero-order valence-corrected chi connectivity index (χ0v) is 19.8. The average molecular weight is 511 g/mol. The summed E-state index contributed by atoms with van der Waals surface area (Å²) in [4.78, 5) is 19.0. The van der Waals surface area contributed by atoms with E-state index < -0.39 is 0 Å². The summed E-state index contributed by atoms with van der Waals surface area (Å²) >= 11 is 0. The van der Waals surface area contributed by atoms with Crippen LogP contribution in [0.5, 0.6) is 0 Å². The molecule has 0 aromatic carbocycles. The van der Waals surface area contributed by atoms with Gasteiger partial charge in [-0.05, 0) is 51.9 Å². The van der Waals surface area contributed by atoms with Gasteiger partial charge in [0.25, 0.3) is 0 Å². The Morgan fingerprint density at radius 2 is 2.04 bits per heavy atom. The Hall–Kier alpha value is -0.610. The maximum absolute atomic E-state index is 12.1. The second-order valence-electron chi connectivity index (χ2n) is 7.26.